The first-order chi connectivity index (χ1) is 11.4. The van der Waals surface area contributed by atoms with Crippen molar-refractivity contribution < 1.29 is 9.84 Å². The lowest BCUT2D eigenvalue weighted by atomic mass is 10.1. The van der Waals surface area contributed by atoms with E-state index in [-0.39, 0.29) is 6.61 Å². The molecule has 2 heterocycles. The second-order valence-corrected chi connectivity index (χ2v) is 6.03. The van der Waals surface area contributed by atoms with Crippen molar-refractivity contribution in [1.29, 1.82) is 0 Å². The summed E-state index contributed by atoms with van der Waals surface area (Å²) in [5.41, 5.74) is 1.20. The molecule has 122 valence electrons. The van der Waals surface area contributed by atoms with Gasteiger partial charge in [0.15, 0.2) is 0 Å². The molecule has 1 aliphatic rings. The van der Waals surface area contributed by atoms with Gasteiger partial charge in [0.1, 0.15) is 11.5 Å². The molecule has 2 aromatic rings. The summed E-state index contributed by atoms with van der Waals surface area (Å²) < 4.78 is 6.01. The number of likely N-dealkylation sites (tertiary alicyclic amines) is 1. The second kappa shape index (κ2) is 8.09. The van der Waals surface area contributed by atoms with Crippen molar-refractivity contribution in [3.8, 4) is 11.5 Å². The lowest BCUT2D eigenvalue weighted by Crippen LogP contribution is -2.29. The summed E-state index contributed by atoms with van der Waals surface area (Å²) in [6.45, 7) is 2.30. The first-order valence-electron chi connectivity index (χ1n) is 8.37. The Balaban J connectivity index is 1.70. The number of rotatable bonds is 7. The Labute approximate surface area is 137 Å². The molecule has 0 amide bonds. The van der Waals surface area contributed by atoms with E-state index in [2.05, 4.69) is 22.0 Å². The van der Waals surface area contributed by atoms with Gasteiger partial charge in [-0.1, -0.05) is 18.2 Å². The Morgan fingerprint density at radius 3 is 2.96 bits per heavy atom. The number of ether oxygens (including phenoxy) is 1. The molecule has 3 rings (SSSR count). The predicted octanol–water partition coefficient (Wildman–Crippen LogP) is 3.61. The average Bonchev–Trinajstić information content (AvgIpc) is 3.03. The molecular weight excluding hydrogens is 288 g/mol. The van der Waals surface area contributed by atoms with Crippen LogP contribution in [0, 0.1) is 0 Å². The smallest absolute Gasteiger partial charge is 0.145 e. The number of benzene rings is 1. The van der Waals surface area contributed by atoms with E-state index < -0.39 is 0 Å². The van der Waals surface area contributed by atoms with Crippen LogP contribution in [0.4, 0.5) is 0 Å². The zero-order valence-corrected chi connectivity index (χ0v) is 13.4. The normalized spacial score (nSPS) is 18.2. The summed E-state index contributed by atoms with van der Waals surface area (Å²) >= 11 is 0. The van der Waals surface area contributed by atoms with E-state index in [9.17, 15) is 0 Å². The van der Waals surface area contributed by atoms with Crippen molar-refractivity contribution in [2.45, 2.75) is 38.3 Å². The first-order valence-corrected chi connectivity index (χ1v) is 8.37. The van der Waals surface area contributed by atoms with Gasteiger partial charge in [0.25, 0.3) is 0 Å². The minimum atomic E-state index is 0.283. The minimum absolute atomic E-state index is 0.283. The summed E-state index contributed by atoms with van der Waals surface area (Å²) in [7, 11) is 0. The van der Waals surface area contributed by atoms with Crippen LogP contribution in [0.3, 0.4) is 0 Å². The molecule has 23 heavy (non-hydrogen) atoms. The standard InChI is InChI=1S/C19H24N2O2/c22-13-5-8-17-7-4-12-21(17)15-16-6-1-2-10-19(16)23-18-9-3-11-20-14-18/h1-3,6,9-11,14,17,22H,4-5,7-8,12-13,15H2. The van der Waals surface area contributed by atoms with E-state index in [1.54, 1.807) is 12.4 Å². The number of para-hydroxylation sites is 1. The van der Waals surface area contributed by atoms with Gasteiger partial charge in [-0.15, -0.1) is 0 Å². The third-order valence-corrected chi connectivity index (χ3v) is 4.40. The van der Waals surface area contributed by atoms with Gasteiger partial charge in [0.05, 0.1) is 6.20 Å². The Bertz CT molecular complexity index is 603. The van der Waals surface area contributed by atoms with Gasteiger partial charge in [-0.05, 0) is 50.4 Å². The highest BCUT2D eigenvalue weighted by molar-refractivity contribution is 5.37. The summed E-state index contributed by atoms with van der Waals surface area (Å²) in [6.07, 6.45) is 7.90. The molecule has 4 heteroatoms. The van der Waals surface area contributed by atoms with Crippen LogP contribution in [0.1, 0.15) is 31.2 Å². The number of aliphatic hydroxyl groups is 1. The van der Waals surface area contributed by atoms with E-state index in [4.69, 9.17) is 9.84 Å². The number of hydrogen-bond acceptors (Lipinski definition) is 4. The SMILES string of the molecule is OCCCC1CCCN1Cc1ccccc1Oc1cccnc1. The predicted molar refractivity (Wildman–Crippen MR) is 90.5 cm³/mol. The van der Waals surface area contributed by atoms with Crippen LogP contribution in [0.15, 0.2) is 48.8 Å². The average molecular weight is 312 g/mol. The third-order valence-electron chi connectivity index (χ3n) is 4.40. The van der Waals surface area contributed by atoms with Crippen molar-refractivity contribution in [2.24, 2.45) is 0 Å². The first kappa shape index (κ1) is 16.0. The highest BCUT2D eigenvalue weighted by atomic mass is 16.5. The summed E-state index contributed by atoms with van der Waals surface area (Å²) in [6, 6.07) is 12.6. The molecule has 1 N–H and O–H groups in total. The fourth-order valence-corrected chi connectivity index (χ4v) is 3.24. The molecule has 0 spiro atoms. The van der Waals surface area contributed by atoms with E-state index in [0.717, 1.165) is 37.4 Å². The molecule has 0 bridgehead atoms. The number of aliphatic hydroxyl groups excluding tert-OH is 1. The third kappa shape index (κ3) is 4.30. The zero-order chi connectivity index (χ0) is 15.9. The Hall–Kier alpha value is -1.91. The number of nitrogens with zero attached hydrogens (tertiary/aromatic N) is 2. The molecule has 1 aliphatic heterocycles. The fraction of sp³-hybridized carbons (Fsp3) is 0.421. The molecule has 1 atom stereocenters. The quantitative estimate of drug-likeness (QED) is 0.848. The fourth-order valence-electron chi connectivity index (χ4n) is 3.24. The summed E-state index contributed by atoms with van der Waals surface area (Å²) in [5.74, 6) is 1.66. The van der Waals surface area contributed by atoms with Crippen LogP contribution in [0.25, 0.3) is 0 Å². The van der Waals surface area contributed by atoms with E-state index in [1.165, 1.54) is 18.4 Å². The Morgan fingerprint density at radius 1 is 1.22 bits per heavy atom. The highest BCUT2D eigenvalue weighted by Crippen LogP contribution is 2.29. The number of pyridine rings is 1. The van der Waals surface area contributed by atoms with Gasteiger partial charge in [0, 0.05) is 31.0 Å². The zero-order valence-electron chi connectivity index (χ0n) is 13.4. The minimum Gasteiger partial charge on any atom is -0.455 e. The Morgan fingerprint density at radius 2 is 2.13 bits per heavy atom. The Kier molecular flexibility index (Phi) is 5.61. The summed E-state index contributed by atoms with van der Waals surface area (Å²) in [5, 5.41) is 9.07. The van der Waals surface area contributed by atoms with Crippen molar-refractivity contribution in [3.63, 3.8) is 0 Å². The monoisotopic (exact) mass is 312 g/mol. The molecule has 0 radical (unpaired) electrons. The lowest BCUT2D eigenvalue weighted by molar-refractivity contribution is 0.209. The van der Waals surface area contributed by atoms with Crippen LogP contribution in [-0.4, -0.2) is 34.2 Å². The van der Waals surface area contributed by atoms with Gasteiger partial charge in [0.2, 0.25) is 0 Å². The largest absolute Gasteiger partial charge is 0.455 e. The van der Waals surface area contributed by atoms with Gasteiger partial charge in [-0.3, -0.25) is 9.88 Å². The van der Waals surface area contributed by atoms with Crippen LogP contribution in [0.2, 0.25) is 0 Å². The summed E-state index contributed by atoms with van der Waals surface area (Å²) in [4.78, 5) is 6.62. The molecule has 1 aromatic heterocycles. The second-order valence-electron chi connectivity index (χ2n) is 6.03. The molecule has 1 fully saturated rings. The maximum absolute atomic E-state index is 9.07. The molecule has 1 saturated heterocycles. The highest BCUT2D eigenvalue weighted by Gasteiger charge is 2.24. The van der Waals surface area contributed by atoms with E-state index >= 15 is 0 Å². The van der Waals surface area contributed by atoms with E-state index in [1.807, 2.05) is 24.3 Å². The van der Waals surface area contributed by atoms with Crippen LogP contribution < -0.4 is 4.74 Å². The molecule has 4 nitrogen and oxygen atoms in total. The number of hydrogen-bond donors (Lipinski definition) is 1. The molecule has 0 aliphatic carbocycles. The molecule has 0 saturated carbocycles. The van der Waals surface area contributed by atoms with Gasteiger partial charge >= 0.3 is 0 Å². The number of aromatic nitrogens is 1. The lowest BCUT2D eigenvalue weighted by Gasteiger charge is -2.25. The van der Waals surface area contributed by atoms with Crippen LogP contribution in [0.5, 0.6) is 11.5 Å². The molecule has 1 aromatic carbocycles. The maximum atomic E-state index is 9.07. The molecular formula is C19H24N2O2. The van der Waals surface area contributed by atoms with Crippen molar-refractivity contribution in [2.75, 3.05) is 13.2 Å². The van der Waals surface area contributed by atoms with E-state index in [0.29, 0.717) is 6.04 Å². The van der Waals surface area contributed by atoms with Crippen LogP contribution in [-0.2, 0) is 6.54 Å². The van der Waals surface area contributed by atoms with Crippen LogP contribution >= 0.6 is 0 Å². The van der Waals surface area contributed by atoms with Gasteiger partial charge < -0.3 is 9.84 Å². The maximum Gasteiger partial charge on any atom is 0.145 e. The van der Waals surface area contributed by atoms with Crippen molar-refractivity contribution in [3.05, 3.63) is 54.4 Å². The van der Waals surface area contributed by atoms with Crippen molar-refractivity contribution in [1.82, 2.24) is 9.88 Å². The van der Waals surface area contributed by atoms with Gasteiger partial charge in [-0.25, -0.2) is 0 Å². The topological polar surface area (TPSA) is 45.6 Å². The van der Waals surface area contributed by atoms with Crippen molar-refractivity contribution >= 4 is 0 Å². The van der Waals surface area contributed by atoms with Gasteiger partial charge in [-0.2, -0.15) is 0 Å². The molecule has 1 unspecified atom stereocenters.